The molecule has 0 aromatic carbocycles. The van der Waals surface area contributed by atoms with Gasteiger partial charge in [-0.3, -0.25) is 19.4 Å². The van der Waals surface area contributed by atoms with Crippen molar-refractivity contribution in [1.82, 2.24) is 14.9 Å². The molecule has 1 atom stereocenters. The maximum absolute atomic E-state index is 12.8. The highest BCUT2D eigenvalue weighted by molar-refractivity contribution is 5.94. The van der Waals surface area contributed by atoms with Gasteiger partial charge < -0.3 is 9.84 Å². The molecule has 140 valence electrons. The summed E-state index contributed by atoms with van der Waals surface area (Å²) in [7, 11) is 0. The minimum Gasteiger partial charge on any atom is -0.361 e. The molecule has 1 saturated carbocycles. The fourth-order valence-electron chi connectivity index (χ4n) is 4.58. The van der Waals surface area contributed by atoms with Gasteiger partial charge in [-0.1, -0.05) is 37.3 Å². The van der Waals surface area contributed by atoms with Gasteiger partial charge in [-0.2, -0.15) is 0 Å². The summed E-state index contributed by atoms with van der Waals surface area (Å²) in [5.41, 5.74) is 2.13. The molecule has 2 aromatic heterocycles. The summed E-state index contributed by atoms with van der Waals surface area (Å²) in [5, 5.41) is 9.99. The number of nitrogens with zero attached hydrogens (tertiary/aromatic N) is 2. The van der Waals surface area contributed by atoms with Gasteiger partial charge >= 0.3 is 0 Å². The standard InChI is InChI=1S/C19H26N4O3/c1-11-16(12(2)26-22-11)14-10-15(24)20-18-17(14)19(25)21-23(18)13-8-6-4-3-5-7-9-13/h13-14H,3-10H2,1-2H3,(H,20,24)(H,21,25)/t14-/m0/s1. The number of rotatable bonds is 2. The summed E-state index contributed by atoms with van der Waals surface area (Å²) in [4.78, 5) is 25.3. The molecule has 1 aliphatic heterocycles. The highest BCUT2D eigenvalue weighted by atomic mass is 16.5. The molecule has 0 radical (unpaired) electrons. The topological polar surface area (TPSA) is 92.9 Å². The highest BCUT2D eigenvalue weighted by Crippen LogP contribution is 2.39. The van der Waals surface area contributed by atoms with E-state index in [0.717, 1.165) is 36.9 Å². The summed E-state index contributed by atoms with van der Waals surface area (Å²) < 4.78 is 7.21. The van der Waals surface area contributed by atoms with Gasteiger partial charge in [0.1, 0.15) is 11.6 Å². The molecule has 1 fully saturated rings. The highest BCUT2D eigenvalue weighted by Gasteiger charge is 2.36. The summed E-state index contributed by atoms with van der Waals surface area (Å²) in [6, 6.07) is 0.232. The van der Waals surface area contributed by atoms with Crippen LogP contribution >= 0.6 is 0 Å². The lowest BCUT2D eigenvalue weighted by Gasteiger charge is -2.27. The Balaban J connectivity index is 1.78. The van der Waals surface area contributed by atoms with E-state index in [4.69, 9.17) is 4.52 Å². The monoisotopic (exact) mass is 358 g/mol. The zero-order valence-corrected chi connectivity index (χ0v) is 15.4. The van der Waals surface area contributed by atoms with Crippen LogP contribution in [0.5, 0.6) is 0 Å². The fraction of sp³-hybridized carbons (Fsp3) is 0.632. The molecule has 0 unspecified atom stereocenters. The van der Waals surface area contributed by atoms with Crippen molar-refractivity contribution in [3.05, 3.63) is 32.9 Å². The second-order valence-corrected chi connectivity index (χ2v) is 7.61. The molecule has 0 bridgehead atoms. The molecule has 1 aliphatic carbocycles. The molecule has 26 heavy (non-hydrogen) atoms. The molecular formula is C19H26N4O3. The Labute approximate surface area is 152 Å². The molecule has 0 spiro atoms. The Morgan fingerprint density at radius 1 is 1.04 bits per heavy atom. The first kappa shape index (κ1) is 17.1. The van der Waals surface area contributed by atoms with Crippen molar-refractivity contribution in [3.8, 4) is 0 Å². The van der Waals surface area contributed by atoms with Gasteiger partial charge in [-0.25, -0.2) is 0 Å². The number of aromatic nitrogens is 3. The van der Waals surface area contributed by atoms with Gasteiger partial charge in [-0.15, -0.1) is 0 Å². The van der Waals surface area contributed by atoms with Crippen LogP contribution in [0.3, 0.4) is 0 Å². The van der Waals surface area contributed by atoms with Crippen LogP contribution in [-0.2, 0) is 4.79 Å². The van der Waals surface area contributed by atoms with Crippen molar-refractivity contribution < 1.29 is 9.32 Å². The lowest BCUT2D eigenvalue weighted by atomic mass is 9.86. The largest absolute Gasteiger partial charge is 0.361 e. The Morgan fingerprint density at radius 3 is 2.38 bits per heavy atom. The van der Waals surface area contributed by atoms with E-state index in [2.05, 4.69) is 15.6 Å². The number of carbonyl (C=O) groups is 1. The Bertz CT molecular complexity index is 848. The summed E-state index contributed by atoms with van der Waals surface area (Å²) >= 11 is 0. The van der Waals surface area contributed by atoms with Crippen LogP contribution in [0.1, 0.15) is 85.9 Å². The number of aromatic amines is 1. The van der Waals surface area contributed by atoms with Crippen molar-refractivity contribution in [2.75, 3.05) is 5.32 Å². The van der Waals surface area contributed by atoms with E-state index >= 15 is 0 Å². The third-order valence-electron chi connectivity index (χ3n) is 5.84. The molecule has 1 amide bonds. The molecule has 2 aliphatic rings. The lowest BCUT2D eigenvalue weighted by Crippen LogP contribution is -2.28. The van der Waals surface area contributed by atoms with Crippen LogP contribution in [-0.4, -0.2) is 20.8 Å². The minimum absolute atomic E-state index is 0.0684. The number of nitrogens with one attached hydrogen (secondary N) is 2. The average Bonchev–Trinajstić information content (AvgIpc) is 3.07. The van der Waals surface area contributed by atoms with Gasteiger partial charge in [0, 0.05) is 17.9 Å². The zero-order valence-electron chi connectivity index (χ0n) is 15.4. The van der Waals surface area contributed by atoms with Crippen molar-refractivity contribution >= 4 is 11.7 Å². The van der Waals surface area contributed by atoms with Crippen LogP contribution in [0.15, 0.2) is 9.32 Å². The Hall–Kier alpha value is -2.31. The maximum atomic E-state index is 12.8. The summed E-state index contributed by atoms with van der Waals surface area (Å²) in [6.45, 7) is 3.69. The molecular weight excluding hydrogens is 332 g/mol. The number of anilines is 1. The molecule has 2 aromatic rings. The molecule has 0 saturated heterocycles. The quantitative estimate of drug-likeness (QED) is 0.859. The molecule has 7 nitrogen and oxygen atoms in total. The lowest BCUT2D eigenvalue weighted by molar-refractivity contribution is -0.116. The smallest absolute Gasteiger partial charge is 0.270 e. The number of H-pyrrole nitrogens is 1. The maximum Gasteiger partial charge on any atom is 0.270 e. The zero-order chi connectivity index (χ0) is 18.3. The van der Waals surface area contributed by atoms with Gasteiger partial charge in [0.2, 0.25) is 5.91 Å². The molecule has 4 rings (SSSR count). The van der Waals surface area contributed by atoms with Gasteiger partial charge in [0.15, 0.2) is 0 Å². The predicted octanol–water partition coefficient (Wildman–Crippen LogP) is 3.54. The first-order valence-corrected chi connectivity index (χ1v) is 9.63. The first-order valence-electron chi connectivity index (χ1n) is 9.63. The second kappa shape index (κ2) is 6.78. The van der Waals surface area contributed by atoms with E-state index in [-0.39, 0.29) is 29.8 Å². The number of hydrogen-bond donors (Lipinski definition) is 2. The van der Waals surface area contributed by atoms with Crippen molar-refractivity contribution in [2.45, 2.75) is 77.2 Å². The van der Waals surface area contributed by atoms with Crippen LogP contribution < -0.4 is 10.9 Å². The van der Waals surface area contributed by atoms with Gasteiger partial charge in [0.05, 0.1) is 17.3 Å². The normalized spacial score (nSPS) is 21.8. The predicted molar refractivity (Wildman–Crippen MR) is 97.5 cm³/mol. The number of amides is 1. The number of aryl methyl sites for hydroxylation is 2. The van der Waals surface area contributed by atoms with E-state index in [1.165, 1.54) is 19.3 Å². The summed E-state index contributed by atoms with van der Waals surface area (Å²) in [5.74, 6) is 0.942. The number of fused-ring (bicyclic) bond motifs is 1. The average molecular weight is 358 g/mol. The van der Waals surface area contributed by atoms with Gasteiger partial charge in [-0.05, 0) is 26.7 Å². The first-order chi connectivity index (χ1) is 12.6. The Kier molecular flexibility index (Phi) is 4.46. The van der Waals surface area contributed by atoms with Crippen LogP contribution in [0, 0.1) is 13.8 Å². The van der Waals surface area contributed by atoms with E-state index in [1.807, 2.05) is 18.5 Å². The molecule has 3 heterocycles. The van der Waals surface area contributed by atoms with E-state index < -0.39 is 0 Å². The van der Waals surface area contributed by atoms with E-state index in [9.17, 15) is 9.59 Å². The Morgan fingerprint density at radius 2 is 1.73 bits per heavy atom. The third-order valence-corrected chi connectivity index (χ3v) is 5.84. The van der Waals surface area contributed by atoms with E-state index in [1.54, 1.807) is 0 Å². The second-order valence-electron chi connectivity index (χ2n) is 7.61. The van der Waals surface area contributed by atoms with Crippen molar-refractivity contribution in [2.24, 2.45) is 0 Å². The fourth-order valence-corrected chi connectivity index (χ4v) is 4.58. The van der Waals surface area contributed by atoms with Crippen LogP contribution in [0.4, 0.5) is 5.82 Å². The minimum atomic E-state index is -0.302. The number of hydrogen-bond acceptors (Lipinski definition) is 4. The molecule has 7 heteroatoms. The van der Waals surface area contributed by atoms with Crippen molar-refractivity contribution in [1.29, 1.82) is 0 Å². The van der Waals surface area contributed by atoms with Gasteiger partial charge in [0.25, 0.3) is 5.56 Å². The third kappa shape index (κ3) is 2.89. The summed E-state index contributed by atoms with van der Waals surface area (Å²) in [6.07, 6.45) is 8.37. The molecule has 2 N–H and O–H groups in total. The van der Waals surface area contributed by atoms with Crippen molar-refractivity contribution in [3.63, 3.8) is 0 Å². The van der Waals surface area contributed by atoms with Crippen LogP contribution in [0.25, 0.3) is 0 Å². The number of carbonyl (C=O) groups excluding carboxylic acids is 1. The SMILES string of the molecule is Cc1noc(C)c1[C@@H]1CC(=O)Nc2c1c(=O)[nH]n2C1CCCCCCC1. The van der Waals surface area contributed by atoms with E-state index in [0.29, 0.717) is 17.1 Å². The van der Waals surface area contributed by atoms with Crippen LogP contribution in [0.2, 0.25) is 0 Å².